The minimum atomic E-state index is -0.284. The van der Waals surface area contributed by atoms with Gasteiger partial charge in [0.25, 0.3) is 0 Å². The average molecular weight is 329 g/mol. The zero-order valence-electron chi connectivity index (χ0n) is 10.7. The second-order valence-corrected chi connectivity index (χ2v) is 5.49. The van der Waals surface area contributed by atoms with Gasteiger partial charge in [-0.25, -0.2) is 0 Å². The van der Waals surface area contributed by atoms with Crippen molar-refractivity contribution in [3.8, 4) is 0 Å². The van der Waals surface area contributed by atoms with Gasteiger partial charge in [-0.05, 0) is 23.3 Å². The highest BCUT2D eigenvalue weighted by molar-refractivity contribution is 9.10. The molecule has 1 aliphatic rings. The predicted octanol–water partition coefficient (Wildman–Crippen LogP) is 3.76. The molecule has 1 heterocycles. The van der Waals surface area contributed by atoms with Gasteiger partial charge in [0.2, 0.25) is 5.91 Å². The second kappa shape index (κ2) is 5.59. The number of carbonyl (C=O) groups excluding carboxylic acids is 1. The van der Waals surface area contributed by atoms with Crippen LogP contribution in [0.1, 0.15) is 17.0 Å². The maximum absolute atomic E-state index is 11.9. The third-order valence-electron chi connectivity index (χ3n) is 3.31. The first-order valence-corrected chi connectivity index (χ1v) is 7.18. The van der Waals surface area contributed by atoms with E-state index in [1.54, 1.807) is 6.21 Å². The molecule has 1 N–H and O–H groups in total. The number of rotatable bonds is 3. The summed E-state index contributed by atoms with van der Waals surface area (Å²) in [6.07, 6.45) is 1.74. The lowest BCUT2D eigenvalue weighted by molar-refractivity contribution is -0.115. The van der Waals surface area contributed by atoms with Crippen LogP contribution in [0.15, 0.2) is 58.0 Å². The Balaban J connectivity index is 1.77. The van der Waals surface area contributed by atoms with Crippen LogP contribution in [0.4, 0.5) is 5.69 Å². The number of benzene rings is 2. The Morgan fingerprint density at radius 3 is 2.75 bits per heavy atom. The van der Waals surface area contributed by atoms with Crippen LogP contribution in [0, 0.1) is 0 Å². The van der Waals surface area contributed by atoms with Crippen molar-refractivity contribution in [1.29, 1.82) is 0 Å². The molecule has 1 atom stereocenters. The van der Waals surface area contributed by atoms with Crippen molar-refractivity contribution in [1.82, 2.24) is 0 Å². The van der Waals surface area contributed by atoms with Crippen LogP contribution in [-0.4, -0.2) is 12.1 Å². The van der Waals surface area contributed by atoms with E-state index in [1.807, 2.05) is 48.5 Å². The fraction of sp³-hybridized carbons (Fsp3) is 0.125. The molecular weight excluding hydrogens is 316 g/mol. The molecule has 0 fully saturated rings. The summed E-state index contributed by atoms with van der Waals surface area (Å²) in [5, 5.41) is 2.87. The summed E-state index contributed by atoms with van der Waals surface area (Å²) in [5.41, 5.74) is 2.98. The van der Waals surface area contributed by atoms with E-state index in [0.29, 0.717) is 6.54 Å². The minimum Gasteiger partial charge on any atom is -0.325 e. The smallest absolute Gasteiger partial charge is 0.237 e. The van der Waals surface area contributed by atoms with Gasteiger partial charge in [-0.3, -0.25) is 9.79 Å². The number of nitrogens with zero attached hydrogens (tertiary/aromatic N) is 1. The number of carbonyl (C=O) groups is 1. The average Bonchev–Trinajstić information content (AvgIpc) is 2.77. The van der Waals surface area contributed by atoms with E-state index >= 15 is 0 Å². The Hall–Kier alpha value is -1.94. The fourth-order valence-corrected chi connectivity index (χ4v) is 2.68. The van der Waals surface area contributed by atoms with Crippen LogP contribution < -0.4 is 5.32 Å². The number of fused-ring (bicyclic) bond motifs is 1. The summed E-state index contributed by atoms with van der Waals surface area (Å²) in [6.45, 7) is 0.563. The Bertz CT molecular complexity index is 682. The third-order valence-corrected chi connectivity index (χ3v) is 4.08. The van der Waals surface area contributed by atoms with Crippen molar-refractivity contribution < 1.29 is 4.79 Å². The van der Waals surface area contributed by atoms with Crippen LogP contribution in [-0.2, 0) is 11.3 Å². The van der Waals surface area contributed by atoms with Crippen LogP contribution >= 0.6 is 15.9 Å². The Morgan fingerprint density at radius 1 is 1.15 bits per heavy atom. The number of para-hydroxylation sites is 1. The van der Waals surface area contributed by atoms with E-state index < -0.39 is 0 Å². The minimum absolute atomic E-state index is 0.0120. The normalized spacial score (nSPS) is 17.2. The number of hydrogen-bond donors (Lipinski definition) is 1. The van der Waals surface area contributed by atoms with E-state index in [9.17, 15) is 4.79 Å². The number of hydrogen-bond acceptors (Lipinski definition) is 2. The molecule has 0 aromatic heterocycles. The number of nitrogens with one attached hydrogen (secondary N) is 1. The van der Waals surface area contributed by atoms with E-state index in [0.717, 1.165) is 21.3 Å². The first kappa shape index (κ1) is 13.1. The van der Waals surface area contributed by atoms with Crippen molar-refractivity contribution in [2.24, 2.45) is 4.99 Å². The summed E-state index contributed by atoms with van der Waals surface area (Å²) in [5.74, 6) is -0.296. The van der Waals surface area contributed by atoms with E-state index in [1.165, 1.54) is 0 Å². The first-order valence-electron chi connectivity index (χ1n) is 6.39. The molecule has 3 rings (SSSR count). The molecule has 100 valence electrons. The molecule has 1 aliphatic heterocycles. The van der Waals surface area contributed by atoms with E-state index in [2.05, 4.69) is 26.2 Å². The van der Waals surface area contributed by atoms with Crippen LogP contribution in [0.3, 0.4) is 0 Å². The van der Waals surface area contributed by atoms with Gasteiger partial charge in [-0.1, -0.05) is 52.3 Å². The summed E-state index contributed by atoms with van der Waals surface area (Å²) >= 11 is 3.49. The SMILES string of the molecule is O=C1Nc2ccccc2C1C=NCc1ccccc1Br. The Kier molecular flexibility index (Phi) is 3.65. The highest BCUT2D eigenvalue weighted by atomic mass is 79.9. The number of anilines is 1. The molecule has 2 aromatic carbocycles. The van der Waals surface area contributed by atoms with Crippen LogP contribution in [0.2, 0.25) is 0 Å². The molecule has 0 bridgehead atoms. The predicted molar refractivity (Wildman–Crippen MR) is 84.2 cm³/mol. The summed E-state index contributed by atoms with van der Waals surface area (Å²) < 4.78 is 1.04. The van der Waals surface area contributed by atoms with Crippen LogP contribution in [0.25, 0.3) is 0 Å². The van der Waals surface area contributed by atoms with E-state index in [-0.39, 0.29) is 11.8 Å². The molecule has 0 radical (unpaired) electrons. The number of aliphatic imine (C=N–C) groups is 1. The number of amides is 1. The van der Waals surface area contributed by atoms with E-state index in [4.69, 9.17) is 0 Å². The zero-order valence-corrected chi connectivity index (χ0v) is 12.3. The summed E-state index contributed by atoms with van der Waals surface area (Å²) in [6, 6.07) is 15.7. The summed E-state index contributed by atoms with van der Waals surface area (Å²) in [7, 11) is 0. The molecule has 0 aliphatic carbocycles. The first-order chi connectivity index (χ1) is 9.75. The standard InChI is InChI=1S/C16H13BrN2O/c17-14-7-3-1-5-11(14)9-18-10-13-12-6-2-4-8-15(12)19-16(13)20/h1-8,10,13H,9H2,(H,19,20). The number of halogens is 1. The van der Waals surface area contributed by atoms with Gasteiger partial charge in [0.1, 0.15) is 5.92 Å². The topological polar surface area (TPSA) is 41.5 Å². The molecule has 1 amide bonds. The monoisotopic (exact) mass is 328 g/mol. The van der Waals surface area contributed by atoms with Crippen molar-refractivity contribution in [2.75, 3.05) is 5.32 Å². The third kappa shape index (κ3) is 2.51. The highest BCUT2D eigenvalue weighted by Gasteiger charge is 2.28. The Labute approximate surface area is 125 Å². The zero-order chi connectivity index (χ0) is 13.9. The molecule has 4 heteroatoms. The molecule has 2 aromatic rings. The van der Waals surface area contributed by atoms with Crippen LogP contribution in [0.5, 0.6) is 0 Å². The maximum atomic E-state index is 11.9. The largest absolute Gasteiger partial charge is 0.325 e. The van der Waals surface area contributed by atoms with Gasteiger partial charge in [0, 0.05) is 16.4 Å². The van der Waals surface area contributed by atoms with Crippen molar-refractivity contribution >= 4 is 33.7 Å². The van der Waals surface area contributed by atoms with Gasteiger partial charge in [0.05, 0.1) is 6.54 Å². The van der Waals surface area contributed by atoms with Crippen molar-refractivity contribution in [3.05, 3.63) is 64.1 Å². The molecule has 3 nitrogen and oxygen atoms in total. The highest BCUT2D eigenvalue weighted by Crippen LogP contribution is 2.30. The molecule has 0 saturated carbocycles. The molecular formula is C16H13BrN2O. The fourth-order valence-electron chi connectivity index (χ4n) is 2.26. The quantitative estimate of drug-likeness (QED) is 0.856. The van der Waals surface area contributed by atoms with Gasteiger partial charge in [0.15, 0.2) is 0 Å². The molecule has 0 saturated heterocycles. The lowest BCUT2D eigenvalue weighted by atomic mass is 10.0. The van der Waals surface area contributed by atoms with Gasteiger partial charge >= 0.3 is 0 Å². The lowest BCUT2D eigenvalue weighted by Gasteiger charge is -2.03. The molecule has 1 unspecified atom stereocenters. The van der Waals surface area contributed by atoms with Gasteiger partial charge in [-0.15, -0.1) is 0 Å². The van der Waals surface area contributed by atoms with Crippen molar-refractivity contribution in [2.45, 2.75) is 12.5 Å². The molecule has 0 spiro atoms. The Morgan fingerprint density at radius 2 is 1.90 bits per heavy atom. The lowest BCUT2D eigenvalue weighted by Crippen LogP contribution is -2.13. The maximum Gasteiger partial charge on any atom is 0.237 e. The second-order valence-electron chi connectivity index (χ2n) is 4.64. The van der Waals surface area contributed by atoms with Gasteiger partial charge in [-0.2, -0.15) is 0 Å². The van der Waals surface area contributed by atoms with Crippen molar-refractivity contribution in [3.63, 3.8) is 0 Å². The summed E-state index contributed by atoms with van der Waals surface area (Å²) in [4.78, 5) is 16.3. The molecule has 20 heavy (non-hydrogen) atoms. The van der Waals surface area contributed by atoms with Gasteiger partial charge < -0.3 is 5.32 Å².